The Kier molecular flexibility index (Phi) is 5.34. The molecule has 0 spiro atoms. The maximum Gasteiger partial charge on any atom is 0.383 e. The predicted molar refractivity (Wildman–Crippen MR) is 81.8 cm³/mol. The Labute approximate surface area is 124 Å². The summed E-state index contributed by atoms with van der Waals surface area (Å²) in [5.41, 5.74) is 1.12. The fourth-order valence-electron chi connectivity index (χ4n) is 1.99. The SMILES string of the molecule is CCOP(=O)(OCC)c1nc(-c2ccccc2)oc1CC. The first-order valence-electron chi connectivity index (χ1n) is 7.09. The van der Waals surface area contributed by atoms with Gasteiger partial charge in [0.05, 0.1) is 13.2 Å². The topological polar surface area (TPSA) is 61.6 Å². The van der Waals surface area contributed by atoms with Crippen LogP contribution in [0, 0.1) is 0 Å². The van der Waals surface area contributed by atoms with E-state index in [1.165, 1.54) is 0 Å². The van der Waals surface area contributed by atoms with E-state index in [2.05, 4.69) is 4.98 Å². The highest BCUT2D eigenvalue weighted by Crippen LogP contribution is 2.48. The second kappa shape index (κ2) is 7.03. The van der Waals surface area contributed by atoms with Gasteiger partial charge in [0.15, 0.2) is 5.44 Å². The van der Waals surface area contributed by atoms with Crippen molar-refractivity contribution < 1.29 is 18.0 Å². The predicted octanol–water partition coefficient (Wildman–Crippen LogP) is 3.80. The molecule has 0 aliphatic rings. The number of benzene rings is 1. The van der Waals surface area contributed by atoms with E-state index in [4.69, 9.17) is 13.5 Å². The highest BCUT2D eigenvalue weighted by atomic mass is 31.2. The first-order chi connectivity index (χ1) is 10.1. The van der Waals surface area contributed by atoms with Gasteiger partial charge < -0.3 is 13.5 Å². The molecule has 0 radical (unpaired) electrons. The normalized spacial score (nSPS) is 11.8. The molecule has 114 valence electrons. The van der Waals surface area contributed by atoms with E-state index in [-0.39, 0.29) is 18.6 Å². The molecule has 5 nitrogen and oxygen atoms in total. The summed E-state index contributed by atoms with van der Waals surface area (Å²) >= 11 is 0. The summed E-state index contributed by atoms with van der Waals surface area (Å²) in [6.45, 7) is 6.04. The van der Waals surface area contributed by atoms with Crippen LogP contribution < -0.4 is 5.44 Å². The lowest BCUT2D eigenvalue weighted by molar-refractivity contribution is 0.229. The molecule has 0 unspecified atom stereocenters. The van der Waals surface area contributed by atoms with Crippen molar-refractivity contribution in [3.8, 4) is 11.5 Å². The zero-order valence-corrected chi connectivity index (χ0v) is 13.4. The number of hydrogen-bond donors (Lipinski definition) is 0. The van der Waals surface area contributed by atoms with Gasteiger partial charge in [0, 0.05) is 12.0 Å². The molecule has 1 aromatic carbocycles. The number of oxazole rings is 1. The third-order valence-electron chi connectivity index (χ3n) is 2.88. The highest BCUT2D eigenvalue weighted by Gasteiger charge is 2.34. The van der Waals surface area contributed by atoms with Crippen LogP contribution in [0.2, 0.25) is 0 Å². The number of nitrogens with zero attached hydrogens (tertiary/aromatic N) is 1. The number of hydrogen-bond acceptors (Lipinski definition) is 5. The molecule has 6 heteroatoms. The van der Waals surface area contributed by atoms with E-state index in [1.54, 1.807) is 13.8 Å². The molecule has 0 fully saturated rings. The van der Waals surface area contributed by atoms with Crippen molar-refractivity contribution in [1.82, 2.24) is 4.98 Å². The lowest BCUT2D eigenvalue weighted by Crippen LogP contribution is -2.15. The third kappa shape index (κ3) is 3.43. The van der Waals surface area contributed by atoms with Crippen LogP contribution in [0.4, 0.5) is 0 Å². The van der Waals surface area contributed by atoms with Gasteiger partial charge in [-0.2, -0.15) is 0 Å². The minimum absolute atomic E-state index is 0.285. The summed E-state index contributed by atoms with van der Waals surface area (Å²) in [4.78, 5) is 4.38. The molecule has 0 aliphatic heterocycles. The standard InChI is InChI=1S/C15H20NO4P/c1-4-13-15(21(17,18-5-2)19-6-3)16-14(20-13)12-10-8-7-9-11-12/h7-11H,4-6H2,1-3H3. The van der Waals surface area contributed by atoms with E-state index < -0.39 is 7.60 Å². The van der Waals surface area contributed by atoms with Crippen molar-refractivity contribution >= 4 is 13.0 Å². The molecule has 1 aromatic heterocycles. The molecule has 0 aliphatic carbocycles. The molecule has 0 amide bonds. The Morgan fingerprint density at radius 1 is 1.10 bits per heavy atom. The van der Waals surface area contributed by atoms with Gasteiger partial charge in [0.25, 0.3) is 0 Å². The van der Waals surface area contributed by atoms with Gasteiger partial charge in [-0.15, -0.1) is 0 Å². The van der Waals surface area contributed by atoms with Gasteiger partial charge >= 0.3 is 7.60 Å². The van der Waals surface area contributed by atoms with Gasteiger partial charge in [0.1, 0.15) is 5.76 Å². The number of aromatic nitrogens is 1. The molecule has 2 rings (SSSR count). The van der Waals surface area contributed by atoms with Crippen molar-refractivity contribution in [2.45, 2.75) is 27.2 Å². The maximum atomic E-state index is 12.9. The molecular weight excluding hydrogens is 289 g/mol. The number of rotatable bonds is 7. The van der Waals surface area contributed by atoms with Crippen molar-refractivity contribution in [2.75, 3.05) is 13.2 Å². The fraction of sp³-hybridized carbons (Fsp3) is 0.400. The molecule has 1 heterocycles. The third-order valence-corrected chi connectivity index (χ3v) is 4.94. The Balaban J connectivity index is 2.48. The fourth-order valence-corrected chi connectivity index (χ4v) is 3.71. The first kappa shape index (κ1) is 16.0. The molecule has 0 N–H and O–H groups in total. The van der Waals surface area contributed by atoms with Crippen LogP contribution >= 0.6 is 7.60 Å². The molecule has 0 saturated heterocycles. The second-order valence-corrected chi connectivity index (χ2v) is 6.25. The molecule has 2 aromatic rings. The van der Waals surface area contributed by atoms with Crippen LogP contribution in [0.15, 0.2) is 34.7 Å². The smallest absolute Gasteiger partial charge is 0.383 e. The first-order valence-corrected chi connectivity index (χ1v) is 8.63. The van der Waals surface area contributed by atoms with Gasteiger partial charge in [-0.3, -0.25) is 4.57 Å². The van der Waals surface area contributed by atoms with Crippen molar-refractivity contribution in [1.29, 1.82) is 0 Å². The summed E-state index contributed by atoms with van der Waals surface area (Å²) < 4.78 is 29.3. The molecule has 0 atom stereocenters. The van der Waals surface area contributed by atoms with Crippen LogP contribution in [-0.2, 0) is 20.0 Å². The molecule has 21 heavy (non-hydrogen) atoms. The van der Waals surface area contributed by atoms with Crippen LogP contribution in [-0.4, -0.2) is 18.2 Å². The van der Waals surface area contributed by atoms with Crippen molar-refractivity contribution in [3.63, 3.8) is 0 Å². The Morgan fingerprint density at radius 2 is 1.71 bits per heavy atom. The van der Waals surface area contributed by atoms with Gasteiger partial charge in [-0.1, -0.05) is 25.1 Å². The van der Waals surface area contributed by atoms with Crippen LogP contribution in [0.3, 0.4) is 0 Å². The summed E-state index contributed by atoms with van der Waals surface area (Å²) in [6, 6.07) is 9.49. The Morgan fingerprint density at radius 3 is 2.24 bits per heavy atom. The zero-order chi connectivity index (χ0) is 15.3. The minimum Gasteiger partial charge on any atom is -0.440 e. The van der Waals surface area contributed by atoms with Crippen molar-refractivity contribution in [2.24, 2.45) is 0 Å². The second-order valence-electron chi connectivity index (χ2n) is 4.32. The molecule has 0 saturated carbocycles. The number of aryl methyl sites for hydroxylation is 1. The largest absolute Gasteiger partial charge is 0.440 e. The van der Waals surface area contributed by atoms with E-state index >= 15 is 0 Å². The molecular formula is C15H20NO4P. The quantitative estimate of drug-likeness (QED) is 0.728. The average Bonchev–Trinajstić information content (AvgIpc) is 2.94. The summed E-state index contributed by atoms with van der Waals surface area (Å²) in [7, 11) is -3.43. The molecule has 0 bridgehead atoms. The van der Waals surface area contributed by atoms with Gasteiger partial charge in [-0.25, -0.2) is 4.98 Å². The van der Waals surface area contributed by atoms with Gasteiger partial charge in [-0.05, 0) is 26.0 Å². The lowest BCUT2D eigenvalue weighted by Gasteiger charge is -2.14. The van der Waals surface area contributed by atoms with E-state index in [0.29, 0.717) is 18.1 Å². The average molecular weight is 309 g/mol. The van der Waals surface area contributed by atoms with E-state index in [9.17, 15) is 4.57 Å². The van der Waals surface area contributed by atoms with Crippen LogP contribution in [0.1, 0.15) is 26.5 Å². The van der Waals surface area contributed by atoms with Crippen LogP contribution in [0.5, 0.6) is 0 Å². The lowest BCUT2D eigenvalue weighted by atomic mass is 10.2. The maximum absolute atomic E-state index is 12.9. The van der Waals surface area contributed by atoms with E-state index in [0.717, 1.165) is 5.56 Å². The van der Waals surface area contributed by atoms with Crippen LogP contribution in [0.25, 0.3) is 11.5 Å². The van der Waals surface area contributed by atoms with Crippen molar-refractivity contribution in [3.05, 3.63) is 36.1 Å². The highest BCUT2D eigenvalue weighted by molar-refractivity contribution is 7.62. The monoisotopic (exact) mass is 309 g/mol. The Hall–Kier alpha value is -1.42. The zero-order valence-electron chi connectivity index (χ0n) is 12.5. The minimum atomic E-state index is -3.43. The summed E-state index contributed by atoms with van der Waals surface area (Å²) in [5.74, 6) is 0.973. The Bertz CT molecular complexity index is 614. The summed E-state index contributed by atoms with van der Waals surface area (Å²) in [6.07, 6.45) is 0.569. The van der Waals surface area contributed by atoms with Gasteiger partial charge in [0.2, 0.25) is 5.89 Å². The summed E-state index contributed by atoms with van der Waals surface area (Å²) in [5, 5.41) is 0. The van der Waals surface area contributed by atoms with E-state index in [1.807, 2.05) is 37.3 Å².